The molecule has 1 aromatic rings. The summed E-state index contributed by atoms with van der Waals surface area (Å²) in [5.74, 6) is 0. The number of benzene rings is 1. The summed E-state index contributed by atoms with van der Waals surface area (Å²) in [4.78, 5) is 4.82. The van der Waals surface area contributed by atoms with Crippen molar-refractivity contribution in [3.8, 4) is 0 Å². The van der Waals surface area contributed by atoms with E-state index in [2.05, 4.69) is 48.3 Å². The fourth-order valence-corrected chi connectivity index (χ4v) is 3.08. The van der Waals surface area contributed by atoms with Crippen molar-refractivity contribution in [1.82, 2.24) is 15.1 Å². The molecule has 1 unspecified atom stereocenters. The Kier molecular flexibility index (Phi) is 6.83. The van der Waals surface area contributed by atoms with E-state index in [0.29, 0.717) is 12.1 Å². The molecule has 0 amide bonds. The lowest BCUT2D eigenvalue weighted by atomic mass is 10.0. The molecule has 0 aliphatic carbocycles. The molecule has 0 spiro atoms. The van der Waals surface area contributed by atoms with Gasteiger partial charge in [0.25, 0.3) is 0 Å². The molecule has 2 N–H and O–H groups in total. The molecule has 1 atom stereocenters. The van der Waals surface area contributed by atoms with Crippen molar-refractivity contribution in [3.63, 3.8) is 0 Å². The Morgan fingerprint density at radius 3 is 2.68 bits per heavy atom. The molecule has 0 aromatic heterocycles. The second kappa shape index (κ2) is 8.63. The summed E-state index contributed by atoms with van der Waals surface area (Å²) in [5.41, 5.74) is 2.26. The zero-order chi connectivity index (χ0) is 15.9. The van der Waals surface area contributed by atoms with Crippen LogP contribution in [0.4, 0.5) is 0 Å². The standard InChI is InChI=1S/C18H31N3O/c1-15(17-6-4-5-16(13-17)14-22)19-18-7-9-21(10-8-18)12-11-20(2)3/h4-6,13,15,18-19,22H,7-12,14H2,1-3H3. The summed E-state index contributed by atoms with van der Waals surface area (Å²) in [6.45, 7) is 7.03. The molecule has 1 saturated heterocycles. The molecule has 22 heavy (non-hydrogen) atoms. The number of likely N-dealkylation sites (tertiary alicyclic amines) is 1. The summed E-state index contributed by atoms with van der Waals surface area (Å²) in [6.07, 6.45) is 2.44. The number of piperidine rings is 1. The molecule has 0 radical (unpaired) electrons. The maximum atomic E-state index is 9.25. The number of likely N-dealkylation sites (N-methyl/N-ethyl adjacent to an activating group) is 1. The predicted molar refractivity (Wildman–Crippen MR) is 91.9 cm³/mol. The Labute approximate surface area is 135 Å². The SMILES string of the molecule is CC(NC1CCN(CCN(C)C)CC1)c1cccc(CO)c1. The minimum Gasteiger partial charge on any atom is -0.392 e. The van der Waals surface area contributed by atoms with Crippen LogP contribution in [0.15, 0.2) is 24.3 Å². The second-order valence-electron chi connectivity index (χ2n) is 6.71. The van der Waals surface area contributed by atoms with Crippen molar-refractivity contribution in [2.24, 2.45) is 0 Å². The van der Waals surface area contributed by atoms with Crippen LogP contribution in [0.2, 0.25) is 0 Å². The van der Waals surface area contributed by atoms with Gasteiger partial charge < -0.3 is 20.2 Å². The first-order chi connectivity index (χ1) is 10.6. The summed E-state index contributed by atoms with van der Waals surface area (Å²) < 4.78 is 0. The Balaban J connectivity index is 1.77. The number of rotatable bonds is 7. The van der Waals surface area contributed by atoms with E-state index >= 15 is 0 Å². The van der Waals surface area contributed by atoms with Crippen LogP contribution in [-0.4, -0.2) is 61.2 Å². The first-order valence-corrected chi connectivity index (χ1v) is 8.41. The zero-order valence-electron chi connectivity index (χ0n) is 14.3. The fourth-order valence-electron chi connectivity index (χ4n) is 3.08. The molecule has 1 heterocycles. The van der Waals surface area contributed by atoms with Gasteiger partial charge in [-0.25, -0.2) is 0 Å². The largest absolute Gasteiger partial charge is 0.392 e. The molecule has 2 rings (SSSR count). The monoisotopic (exact) mass is 305 g/mol. The van der Waals surface area contributed by atoms with E-state index in [4.69, 9.17) is 0 Å². The highest BCUT2D eigenvalue weighted by atomic mass is 16.3. The van der Waals surface area contributed by atoms with Crippen LogP contribution in [0.25, 0.3) is 0 Å². The predicted octanol–water partition coefficient (Wildman–Crippen LogP) is 1.86. The molecule has 0 saturated carbocycles. The number of aliphatic hydroxyl groups is 1. The molecular formula is C18H31N3O. The van der Waals surface area contributed by atoms with Gasteiger partial charge in [-0.2, -0.15) is 0 Å². The Bertz CT molecular complexity index is 442. The molecule has 1 aliphatic rings. The highest BCUT2D eigenvalue weighted by molar-refractivity contribution is 5.25. The fraction of sp³-hybridized carbons (Fsp3) is 0.667. The molecule has 0 bridgehead atoms. The van der Waals surface area contributed by atoms with Gasteiger partial charge in [0.05, 0.1) is 6.61 Å². The summed E-state index contributed by atoms with van der Waals surface area (Å²) in [6, 6.07) is 9.18. The van der Waals surface area contributed by atoms with Crippen LogP contribution in [0, 0.1) is 0 Å². The average molecular weight is 305 g/mol. The van der Waals surface area contributed by atoms with Crippen LogP contribution in [0.1, 0.15) is 36.9 Å². The first kappa shape index (κ1) is 17.4. The third-order valence-corrected chi connectivity index (χ3v) is 4.57. The van der Waals surface area contributed by atoms with Crippen LogP contribution in [-0.2, 0) is 6.61 Å². The van der Waals surface area contributed by atoms with Crippen LogP contribution < -0.4 is 5.32 Å². The van der Waals surface area contributed by atoms with Gasteiger partial charge in [0, 0.05) is 25.2 Å². The van der Waals surface area contributed by atoms with Gasteiger partial charge in [0.15, 0.2) is 0 Å². The number of nitrogens with zero attached hydrogens (tertiary/aromatic N) is 2. The lowest BCUT2D eigenvalue weighted by molar-refractivity contribution is 0.178. The van der Waals surface area contributed by atoms with E-state index < -0.39 is 0 Å². The van der Waals surface area contributed by atoms with E-state index in [-0.39, 0.29) is 6.61 Å². The van der Waals surface area contributed by atoms with Crippen LogP contribution >= 0.6 is 0 Å². The normalized spacial score (nSPS) is 18.8. The third-order valence-electron chi connectivity index (χ3n) is 4.57. The van der Waals surface area contributed by atoms with Gasteiger partial charge in [-0.15, -0.1) is 0 Å². The quantitative estimate of drug-likeness (QED) is 0.806. The Hall–Kier alpha value is -0.940. The molecule has 4 nitrogen and oxygen atoms in total. The van der Waals surface area contributed by atoms with Crippen LogP contribution in [0.5, 0.6) is 0 Å². The lowest BCUT2D eigenvalue weighted by Crippen LogP contribution is -2.44. The highest BCUT2D eigenvalue weighted by Gasteiger charge is 2.20. The van der Waals surface area contributed by atoms with Crippen molar-refractivity contribution in [3.05, 3.63) is 35.4 Å². The third kappa shape index (κ3) is 5.36. The van der Waals surface area contributed by atoms with E-state index in [1.165, 1.54) is 38.0 Å². The van der Waals surface area contributed by atoms with E-state index in [9.17, 15) is 5.11 Å². The molecule has 124 valence electrons. The molecule has 1 aliphatic heterocycles. The minimum atomic E-state index is 0.116. The number of hydrogen-bond acceptors (Lipinski definition) is 4. The molecule has 1 aromatic carbocycles. The van der Waals surface area contributed by atoms with Crippen molar-refractivity contribution in [1.29, 1.82) is 0 Å². The van der Waals surface area contributed by atoms with E-state index in [1.54, 1.807) is 0 Å². The van der Waals surface area contributed by atoms with Gasteiger partial charge in [-0.1, -0.05) is 24.3 Å². The van der Waals surface area contributed by atoms with Gasteiger partial charge in [0.2, 0.25) is 0 Å². The van der Waals surface area contributed by atoms with Crippen molar-refractivity contribution in [2.45, 2.75) is 38.5 Å². The summed E-state index contributed by atoms with van der Waals surface area (Å²) in [7, 11) is 4.27. The maximum absolute atomic E-state index is 9.25. The maximum Gasteiger partial charge on any atom is 0.0681 e. The Morgan fingerprint density at radius 2 is 2.05 bits per heavy atom. The van der Waals surface area contributed by atoms with E-state index in [0.717, 1.165) is 12.1 Å². The smallest absolute Gasteiger partial charge is 0.0681 e. The second-order valence-corrected chi connectivity index (χ2v) is 6.71. The van der Waals surface area contributed by atoms with Crippen LogP contribution in [0.3, 0.4) is 0 Å². The first-order valence-electron chi connectivity index (χ1n) is 8.41. The lowest BCUT2D eigenvalue weighted by Gasteiger charge is -2.34. The zero-order valence-corrected chi connectivity index (χ0v) is 14.3. The number of nitrogens with one attached hydrogen (secondary N) is 1. The average Bonchev–Trinajstić information content (AvgIpc) is 2.54. The topological polar surface area (TPSA) is 38.7 Å². The Morgan fingerprint density at radius 1 is 1.32 bits per heavy atom. The summed E-state index contributed by atoms with van der Waals surface area (Å²) >= 11 is 0. The highest BCUT2D eigenvalue weighted by Crippen LogP contribution is 2.18. The van der Waals surface area contributed by atoms with Gasteiger partial charge in [0.1, 0.15) is 0 Å². The van der Waals surface area contributed by atoms with Gasteiger partial charge in [-0.3, -0.25) is 0 Å². The van der Waals surface area contributed by atoms with Gasteiger partial charge >= 0.3 is 0 Å². The molecular weight excluding hydrogens is 274 g/mol. The minimum absolute atomic E-state index is 0.116. The van der Waals surface area contributed by atoms with Crippen molar-refractivity contribution >= 4 is 0 Å². The van der Waals surface area contributed by atoms with E-state index in [1.807, 2.05) is 12.1 Å². The summed E-state index contributed by atoms with van der Waals surface area (Å²) in [5, 5.41) is 13.0. The molecule has 4 heteroatoms. The molecule has 1 fully saturated rings. The number of aliphatic hydroxyl groups excluding tert-OH is 1. The number of hydrogen-bond donors (Lipinski definition) is 2. The van der Waals surface area contributed by atoms with Crippen molar-refractivity contribution in [2.75, 3.05) is 40.3 Å². The van der Waals surface area contributed by atoms with Crippen molar-refractivity contribution < 1.29 is 5.11 Å². The van der Waals surface area contributed by atoms with Gasteiger partial charge in [-0.05, 0) is 58.1 Å².